The van der Waals surface area contributed by atoms with E-state index in [1.165, 1.54) is 48.9 Å². The number of ether oxygens (including phenoxy) is 5. The molecule has 0 spiro atoms. The molecular formula is C59H67NO5. The zero-order valence-corrected chi connectivity index (χ0v) is 39.9. The summed E-state index contributed by atoms with van der Waals surface area (Å²) in [5.41, 5.74) is 11.3. The van der Waals surface area contributed by atoms with E-state index < -0.39 is 5.60 Å². The number of hydrogen-bond donors (Lipinski definition) is 0. The Morgan fingerprint density at radius 2 is 1.54 bits per heavy atom. The van der Waals surface area contributed by atoms with Crippen molar-refractivity contribution in [3.63, 3.8) is 0 Å². The van der Waals surface area contributed by atoms with Crippen molar-refractivity contribution in [2.24, 2.45) is 11.3 Å². The molecule has 3 aliphatic carbocycles. The first-order valence-corrected chi connectivity index (χ1v) is 24.1. The van der Waals surface area contributed by atoms with E-state index in [9.17, 15) is 0 Å². The van der Waals surface area contributed by atoms with E-state index in [2.05, 4.69) is 142 Å². The van der Waals surface area contributed by atoms with Gasteiger partial charge in [0.2, 0.25) is 0 Å². The standard InChI is InChI=1S/C59H67NO5/c1-9-32-60(33-28-41-15-13-16-41)46-22-19-44(20-23-46)59(45-21-24-48(36-45)64-40(2)3)31-27-50-53(58(43-17-11-10-12-18-43)30-14-29-57(4,5)39-58)35-42-34-52(55(63-8)38-51(42)56(50)65-59)49-26-25-47(61-6)37-54(49)62-7/h10-12,17-27,31,34-35,37-38,40-41H,9,13-16,28-30,32-33,39H2,1-8H3. The van der Waals surface area contributed by atoms with Gasteiger partial charge in [0.05, 0.1) is 27.4 Å². The Bertz CT molecular complexity index is 2660. The van der Waals surface area contributed by atoms with Crippen molar-refractivity contribution in [2.75, 3.05) is 39.3 Å². The average molecular weight is 870 g/mol. The average Bonchev–Trinajstić information content (AvgIpc) is 3.78. The monoisotopic (exact) mass is 870 g/mol. The third kappa shape index (κ3) is 8.47. The van der Waals surface area contributed by atoms with E-state index in [0.29, 0.717) is 11.5 Å². The molecule has 9 rings (SSSR count). The SMILES string of the molecule is CCCN(CCC1CCC1)c1ccc(C2(C3=C=C(OC(C)C)C=C3)C=Cc3c(C4(c5ccccc5)CCCC(C)(C)C4)cc4cc(-c5ccc(OC)cc5OC)c(OC)cc4c3O2)cc1. The molecule has 6 nitrogen and oxygen atoms in total. The number of fused-ring (bicyclic) bond motifs is 3. The van der Waals surface area contributed by atoms with E-state index in [-0.39, 0.29) is 16.9 Å². The molecule has 0 saturated heterocycles. The summed E-state index contributed by atoms with van der Waals surface area (Å²) in [6.07, 6.45) is 19.6. The first-order valence-electron chi connectivity index (χ1n) is 24.1. The molecule has 5 aromatic rings. The van der Waals surface area contributed by atoms with E-state index >= 15 is 0 Å². The van der Waals surface area contributed by atoms with Gasteiger partial charge in [-0.2, -0.15) is 0 Å². The maximum Gasteiger partial charge on any atom is 0.185 e. The molecule has 2 atom stereocenters. The van der Waals surface area contributed by atoms with Crippen molar-refractivity contribution in [3.05, 3.63) is 149 Å². The van der Waals surface area contributed by atoms with Crippen molar-refractivity contribution in [2.45, 2.75) is 110 Å². The topological polar surface area (TPSA) is 49.4 Å². The molecule has 0 aromatic heterocycles. The van der Waals surface area contributed by atoms with Crippen LogP contribution >= 0.6 is 0 Å². The maximum atomic E-state index is 7.87. The highest BCUT2D eigenvalue weighted by atomic mass is 16.5. The second-order valence-corrected chi connectivity index (χ2v) is 19.8. The van der Waals surface area contributed by atoms with Crippen LogP contribution in [0.2, 0.25) is 0 Å². The van der Waals surface area contributed by atoms with Crippen molar-refractivity contribution in [1.29, 1.82) is 0 Å². The first-order chi connectivity index (χ1) is 31.5. The van der Waals surface area contributed by atoms with Crippen molar-refractivity contribution in [3.8, 4) is 34.1 Å². The summed E-state index contributed by atoms with van der Waals surface area (Å²) in [4.78, 5) is 2.57. The Morgan fingerprint density at radius 1 is 0.769 bits per heavy atom. The highest BCUT2D eigenvalue weighted by Gasteiger charge is 2.47. The van der Waals surface area contributed by atoms with E-state index in [1.807, 2.05) is 18.2 Å². The smallest absolute Gasteiger partial charge is 0.185 e. The quantitative estimate of drug-likeness (QED) is 0.0921. The lowest BCUT2D eigenvalue weighted by molar-refractivity contribution is 0.155. The van der Waals surface area contributed by atoms with Crippen LogP contribution in [0.15, 0.2) is 126 Å². The summed E-state index contributed by atoms with van der Waals surface area (Å²) < 4.78 is 32.0. The fourth-order valence-corrected chi connectivity index (χ4v) is 11.2. The molecule has 338 valence electrons. The van der Waals surface area contributed by atoms with Crippen LogP contribution in [0.25, 0.3) is 28.0 Å². The number of benzene rings is 5. The summed E-state index contributed by atoms with van der Waals surface area (Å²) in [6.45, 7) is 13.4. The van der Waals surface area contributed by atoms with Gasteiger partial charge >= 0.3 is 0 Å². The summed E-state index contributed by atoms with van der Waals surface area (Å²) in [5.74, 6) is 4.58. The van der Waals surface area contributed by atoms with Gasteiger partial charge in [-0.15, -0.1) is 0 Å². The first kappa shape index (κ1) is 44.4. The van der Waals surface area contributed by atoms with Gasteiger partial charge in [0.15, 0.2) is 11.4 Å². The minimum atomic E-state index is -1.01. The van der Waals surface area contributed by atoms with Gasteiger partial charge in [0.1, 0.15) is 23.0 Å². The van der Waals surface area contributed by atoms with Crippen LogP contribution in [0.1, 0.15) is 115 Å². The molecule has 6 heteroatoms. The molecule has 5 aromatic carbocycles. The number of anilines is 1. The molecule has 65 heavy (non-hydrogen) atoms. The van der Waals surface area contributed by atoms with Crippen molar-refractivity contribution in [1.82, 2.24) is 0 Å². The molecular weight excluding hydrogens is 803 g/mol. The molecule has 2 unspecified atom stereocenters. The minimum absolute atomic E-state index is 0.0103. The lowest BCUT2D eigenvalue weighted by Gasteiger charge is -2.47. The third-order valence-electron chi connectivity index (χ3n) is 14.6. The van der Waals surface area contributed by atoms with Crippen LogP contribution in [0.5, 0.6) is 23.0 Å². The maximum absolute atomic E-state index is 7.87. The summed E-state index contributed by atoms with van der Waals surface area (Å²) in [7, 11) is 5.12. The second kappa shape index (κ2) is 18.2. The lowest BCUT2D eigenvalue weighted by atomic mass is 9.57. The molecule has 0 bridgehead atoms. The van der Waals surface area contributed by atoms with Gasteiger partial charge in [-0.3, -0.25) is 0 Å². The van der Waals surface area contributed by atoms with Gasteiger partial charge < -0.3 is 28.6 Å². The van der Waals surface area contributed by atoms with E-state index in [1.54, 1.807) is 21.3 Å². The largest absolute Gasteiger partial charge is 0.497 e. The Balaban J connectivity index is 1.28. The Kier molecular flexibility index (Phi) is 12.4. The molecule has 0 N–H and O–H groups in total. The van der Waals surface area contributed by atoms with Crippen LogP contribution in [0.4, 0.5) is 5.69 Å². The van der Waals surface area contributed by atoms with Gasteiger partial charge in [0.25, 0.3) is 0 Å². The van der Waals surface area contributed by atoms with Crippen LogP contribution in [-0.4, -0.2) is 40.5 Å². The van der Waals surface area contributed by atoms with Gasteiger partial charge in [-0.1, -0.05) is 101 Å². The van der Waals surface area contributed by atoms with Crippen molar-refractivity contribution < 1.29 is 23.7 Å². The van der Waals surface area contributed by atoms with Crippen LogP contribution in [-0.2, 0) is 15.8 Å². The van der Waals surface area contributed by atoms with Crippen LogP contribution in [0.3, 0.4) is 0 Å². The molecule has 0 radical (unpaired) electrons. The number of nitrogens with zero attached hydrogens (tertiary/aromatic N) is 1. The highest BCUT2D eigenvalue weighted by Crippen LogP contribution is 2.57. The predicted molar refractivity (Wildman–Crippen MR) is 267 cm³/mol. The fourth-order valence-electron chi connectivity index (χ4n) is 11.2. The normalized spacial score (nSPS) is 21.0. The summed E-state index contributed by atoms with van der Waals surface area (Å²) in [6, 6.07) is 33.2. The molecule has 0 amide bonds. The Morgan fingerprint density at radius 3 is 2.22 bits per heavy atom. The number of rotatable bonds is 16. The summed E-state index contributed by atoms with van der Waals surface area (Å²) >= 11 is 0. The van der Waals surface area contributed by atoms with Gasteiger partial charge in [-0.25, -0.2) is 0 Å². The fraction of sp³-hybridized carbons (Fsp3) is 0.407. The van der Waals surface area contributed by atoms with E-state index in [4.69, 9.17) is 23.7 Å². The Hall–Kier alpha value is -5.84. The summed E-state index contributed by atoms with van der Waals surface area (Å²) in [5, 5.41) is 2.05. The third-order valence-corrected chi connectivity index (χ3v) is 14.6. The number of methoxy groups -OCH3 is 3. The molecule has 1 heterocycles. The second-order valence-electron chi connectivity index (χ2n) is 19.8. The zero-order chi connectivity index (χ0) is 45.3. The molecule has 4 aliphatic rings. The molecule has 2 fully saturated rings. The highest BCUT2D eigenvalue weighted by molar-refractivity contribution is 5.99. The predicted octanol–water partition coefficient (Wildman–Crippen LogP) is 14.5. The van der Waals surface area contributed by atoms with Gasteiger partial charge in [-0.05, 0) is 134 Å². The van der Waals surface area contributed by atoms with E-state index in [0.717, 1.165) is 101 Å². The van der Waals surface area contributed by atoms with Crippen molar-refractivity contribution >= 4 is 22.5 Å². The number of hydrogen-bond acceptors (Lipinski definition) is 6. The minimum Gasteiger partial charge on any atom is -0.497 e. The molecule has 1 aliphatic heterocycles. The van der Waals surface area contributed by atoms with Gasteiger partial charge in [0, 0.05) is 63.5 Å². The van der Waals surface area contributed by atoms with Crippen LogP contribution < -0.4 is 23.8 Å². The Labute approximate surface area is 387 Å². The molecule has 2 saturated carbocycles. The van der Waals surface area contributed by atoms with Crippen LogP contribution in [0, 0.1) is 11.3 Å². The lowest BCUT2D eigenvalue weighted by Crippen LogP contribution is -2.39. The zero-order valence-electron chi connectivity index (χ0n) is 39.9.